The van der Waals surface area contributed by atoms with Crippen molar-refractivity contribution in [2.45, 2.75) is 53.5 Å². The molecule has 0 amide bonds. The molecule has 0 saturated carbocycles. The van der Waals surface area contributed by atoms with Crippen molar-refractivity contribution in [3.05, 3.63) is 62.8 Å². The summed E-state index contributed by atoms with van der Waals surface area (Å²) in [6, 6.07) is 5.30. The highest BCUT2D eigenvalue weighted by molar-refractivity contribution is 7.15. The summed E-state index contributed by atoms with van der Waals surface area (Å²) in [4.78, 5) is 6.11. The van der Waals surface area contributed by atoms with Crippen molar-refractivity contribution < 1.29 is 4.39 Å². The number of benzene rings is 1. The maximum atomic E-state index is 15.1. The van der Waals surface area contributed by atoms with E-state index < -0.39 is 0 Å². The fraction of sp³-hybridized carbons (Fsp3) is 0.381. The summed E-state index contributed by atoms with van der Waals surface area (Å²) < 4.78 is 17.2. The number of nitrogens with zero attached hydrogens (tertiary/aromatic N) is 4. The fourth-order valence-corrected chi connectivity index (χ4v) is 4.76. The molecule has 1 atom stereocenters. The largest absolute Gasteiger partial charge is 0.273 e. The van der Waals surface area contributed by atoms with E-state index in [1.165, 1.54) is 4.88 Å². The van der Waals surface area contributed by atoms with Crippen molar-refractivity contribution in [1.82, 2.24) is 14.8 Å². The Morgan fingerprint density at radius 2 is 1.89 bits per heavy atom. The molecule has 6 heteroatoms. The highest BCUT2D eigenvalue weighted by atomic mass is 32.1. The third-order valence-corrected chi connectivity index (χ3v) is 6.46. The molecule has 0 saturated heterocycles. The quantitative estimate of drug-likeness (QED) is 0.593. The molecule has 4 rings (SSSR count). The Morgan fingerprint density at radius 3 is 2.56 bits per heavy atom. The van der Waals surface area contributed by atoms with Gasteiger partial charge in [-0.2, -0.15) is 0 Å². The summed E-state index contributed by atoms with van der Waals surface area (Å²) in [7, 11) is 0. The zero-order valence-corrected chi connectivity index (χ0v) is 17.3. The second-order valence-corrected chi connectivity index (χ2v) is 8.66. The lowest BCUT2D eigenvalue weighted by Gasteiger charge is -2.12. The number of hydrogen-bond acceptors (Lipinski definition) is 4. The SMILES string of the molecule is Cc1sc2c(c1C)C(c1ccc(C(C)C)cc1F)=NC(C)c1nnc(C)n1-2. The Bertz CT molecular complexity index is 1070. The molecule has 0 N–H and O–H groups in total. The van der Waals surface area contributed by atoms with E-state index in [2.05, 4.69) is 42.5 Å². The highest BCUT2D eigenvalue weighted by Gasteiger charge is 2.30. The predicted octanol–water partition coefficient (Wildman–Crippen LogP) is 5.43. The van der Waals surface area contributed by atoms with Gasteiger partial charge < -0.3 is 0 Å². The van der Waals surface area contributed by atoms with Gasteiger partial charge in [0.05, 0.1) is 5.71 Å². The minimum atomic E-state index is -0.226. The highest BCUT2D eigenvalue weighted by Crippen LogP contribution is 2.39. The summed E-state index contributed by atoms with van der Waals surface area (Å²) in [6.07, 6.45) is 0. The summed E-state index contributed by atoms with van der Waals surface area (Å²) in [6.45, 7) is 12.2. The first-order valence-corrected chi connectivity index (χ1v) is 10.0. The van der Waals surface area contributed by atoms with Crippen LogP contribution in [0.4, 0.5) is 4.39 Å². The van der Waals surface area contributed by atoms with Gasteiger partial charge in [0.15, 0.2) is 5.82 Å². The number of aryl methyl sites for hydroxylation is 2. The number of halogens is 1. The first-order valence-electron chi connectivity index (χ1n) is 9.19. The van der Waals surface area contributed by atoms with Gasteiger partial charge in [-0.25, -0.2) is 4.39 Å². The van der Waals surface area contributed by atoms with Gasteiger partial charge in [0.2, 0.25) is 0 Å². The Labute approximate surface area is 162 Å². The minimum absolute atomic E-state index is 0.204. The first kappa shape index (κ1) is 18.0. The number of rotatable bonds is 2. The molecule has 1 unspecified atom stereocenters. The molecule has 1 aliphatic rings. The number of aliphatic imine (C=N–C) groups is 1. The van der Waals surface area contributed by atoms with Gasteiger partial charge in [0, 0.05) is 16.0 Å². The summed E-state index contributed by atoms with van der Waals surface area (Å²) in [5.74, 6) is 1.68. The third kappa shape index (κ3) is 2.74. The van der Waals surface area contributed by atoms with Gasteiger partial charge in [0.1, 0.15) is 22.7 Å². The molecule has 0 spiro atoms. The van der Waals surface area contributed by atoms with Crippen molar-refractivity contribution in [2.75, 3.05) is 0 Å². The second-order valence-electron chi connectivity index (χ2n) is 7.45. The molecule has 3 aromatic rings. The van der Waals surface area contributed by atoms with Crippen LogP contribution in [0.1, 0.15) is 71.5 Å². The zero-order valence-electron chi connectivity index (χ0n) is 16.5. The Hall–Kier alpha value is -2.34. The molecular formula is C21H23FN4S. The van der Waals surface area contributed by atoms with Gasteiger partial charge in [-0.05, 0) is 56.9 Å². The maximum Gasteiger partial charge on any atom is 0.162 e. The van der Waals surface area contributed by atoms with Gasteiger partial charge in [0.25, 0.3) is 0 Å². The lowest BCUT2D eigenvalue weighted by atomic mass is 9.95. The zero-order chi connectivity index (χ0) is 19.5. The monoisotopic (exact) mass is 382 g/mol. The average molecular weight is 383 g/mol. The lowest BCUT2D eigenvalue weighted by molar-refractivity contribution is 0.620. The van der Waals surface area contributed by atoms with E-state index in [4.69, 9.17) is 4.99 Å². The Balaban J connectivity index is 2.00. The van der Waals surface area contributed by atoms with Crippen LogP contribution < -0.4 is 0 Å². The van der Waals surface area contributed by atoms with Crippen LogP contribution in [0.2, 0.25) is 0 Å². The molecule has 4 nitrogen and oxygen atoms in total. The molecule has 0 bridgehead atoms. The van der Waals surface area contributed by atoms with Crippen LogP contribution in [-0.4, -0.2) is 20.5 Å². The topological polar surface area (TPSA) is 43.1 Å². The van der Waals surface area contributed by atoms with Crippen LogP contribution in [0.25, 0.3) is 5.00 Å². The molecule has 3 heterocycles. The molecule has 1 aliphatic heterocycles. The van der Waals surface area contributed by atoms with Crippen LogP contribution in [-0.2, 0) is 0 Å². The first-order chi connectivity index (χ1) is 12.8. The average Bonchev–Trinajstić information content (AvgIpc) is 3.09. The van der Waals surface area contributed by atoms with Crippen LogP contribution in [0.15, 0.2) is 23.2 Å². The molecule has 0 aliphatic carbocycles. The van der Waals surface area contributed by atoms with Crippen molar-refractivity contribution in [2.24, 2.45) is 4.99 Å². The molecule has 0 radical (unpaired) electrons. The van der Waals surface area contributed by atoms with Gasteiger partial charge >= 0.3 is 0 Å². The van der Waals surface area contributed by atoms with E-state index in [1.54, 1.807) is 17.4 Å². The van der Waals surface area contributed by atoms with Gasteiger partial charge in [-0.15, -0.1) is 21.5 Å². The van der Waals surface area contributed by atoms with E-state index in [0.717, 1.165) is 33.3 Å². The summed E-state index contributed by atoms with van der Waals surface area (Å²) >= 11 is 1.69. The molecular weight excluding hydrogens is 359 g/mol. The van der Waals surface area contributed by atoms with Crippen LogP contribution in [0.3, 0.4) is 0 Å². The molecule has 27 heavy (non-hydrogen) atoms. The summed E-state index contributed by atoms with van der Waals surface area (Å²) in [5.41, 5.74) is 4.36. The van der Waals surface area contributed by atoms with Crippen molar-refractivity contribution in [3.63, 3.8) is 0 Å². The third-order valence-electron chi connectivity index (χ3n) is 5.27. The Morgan fingerprint density at radius 1 is 1.15 bits per heavy atom. The van der Waals surface area contributed by atoms with Gasteiger partial charge in [-0.3, -0.25) is 9.56 Å². The maximum absolute atomic E-state index is 15.1. The van der Waals surface area contributed by atoms with E-state index in [0.29, 0.717) is 11.3 Å². The lowest BCUT2D eigenvalue weighted by Crippen LogP contribution is -2.10. The van der Waals surface area contributed by atoms with E-state index in [9.17, 15) is 0 Å². The smallest absolute Gasteiger partial charge is 0.162 e. The Kier molecular flexibility index (Phi) is 4.26. The van der Waals surface area contributed by atoms with Gasteiger partial charge in [-0.1, -0.05) is 19.9 Å². The van der Waals surface area contributed by atoms with E-state index >= 15 is 4.39 Å². The molecule has 140 valence electrons. The fourth-order valence-electron chi connectivity index (χ4n) is 3.55. The normalized spacial score (nSPS) is 16.1. The van der Waals surface area contributed by atoms with Crippen molar-refractivity contribution in [3.8, 4) is 5.00 Å². The van der Waals surface area contributed by atoms with Crippen molar-refractivity contribution in [1.29, 1.82) is 0 Å². The number of hydrogen-bond donors (Lipinski definition) is 0. The van der Waals surface area contributed by atoms with Crippen LogP contribution in [0.5, 0.6) is 0 Å². The van der Waals surface area contributed by atoms with Crippen LogP contribution >= 0.6 is 11.3 Å². The molecule has 2 aromatic heterocycles. The van der Waals surface area contributed by atoms with E-state index in [1.807, 2.05) is 26.0 Å². The predicted molar refractivity (Wildman–Crippen MR) is 108 cm³/mol. The number of fused-ring (bicyclic) bond motifs is 3. The molecule has 0 fully saturated rings. The number of aromatic nitrogens is 3. The van der Waals surface area contributed by atoms with E-state index in [-0.39, 0.29) is 17.8 Å². The summed E-state index contributed by atoms with van der Waals surface area (Å²) in [5, 5.41) is 9.62. The standard InChI is InChI=1S/C21H23FN4S/c1-10(2)15-7-8-16(17(22)9-15)19-18-11(3)13(5)27-21(18)26-14(6)24-25-20(26)12(4)23-19/h7-10,12H,1-6H3. The minimum Gasteiger partial charge on any atom is -0.273 e. The van der Waals surface area contributed by atoms with Crippen LogP contribution in [0, 0.1) is 26.6 Å². The number of thiophene rings is 1. The second kappa shape index (κ2) is 6.37. The molecule has 1 aromatic carbocycles. The van der Waals surface area contributed by atoms with Crippen molar-refractivity contribution >= 4 is 17.0 Å².